The molecular formula is C26H30N10. The molecule has 0 bridgehead atoms. The Morgan fingerprint density at radius 2 is 1.97 bits per heavy atom. The van der Waals surface area contributed by atoms with Crippen molar-refractivity contribution in [2.24, 2.45) is 7.05 Å². The summed E-state index contributed by atoms with van der Waals surface area (Å²) in [6.45, 7) is 5.23. The third kappa shape index (κ3) is 4.29. The summed E-state index contributed by atoms with van der Waals surface area (Å²) in [5, 5.41) is 25.5. The number of aryl methyl sites for hydroxylation is 2. The van der Waals surface area contributed by atoms with Gasteiger partial charge in [-0.3, -0.25) is 9.47 Å². The van der Waals surface area contributed by atoms with Crippen molar-refractivity contribution in [3.8, 4) is 17.1 Å². The fourth-order valence-corrected chi connectivity index (χ4v) is 5.32. The predicted octanol–water partition coefficient (Wildman–Crippen LogP) is 2.91. The third-order valence-electron chi connectivity index (χ3n) is 7.22. The highest BCUT2D eigenvalue weighted by Crippen LogP contribution is 2.33. The van der Waals surface area contributed by atoms with Gasteiger partial charge in [0.15, 0.2) is 0 Å². The number of rotatable bonds is 7. The van der Waals surface area contributed by atoms with Crippen LogP contribution in [0.1, 0.15) is 30.5 Å². The molecule has 2 N–H and O–H groups in total. The number of aromatic nitrogens is 8. The number of aromatic amines is 1. The van der Waals surface area contributed by atoms with Crippen molar-refractivity contribution in [1.82, 2.24) is 50.2 Å². The van der Waals surface area contributed by atoms with Crippen molar-refractivity contribution in [2.75, 3.05) is 19.6 Å². The summed E-state index contributed by atoms with van der Waals surface area (Å²) >= 11 is 0. The van der Waals surface area contributed by atoms with Crippen molar-refractivity contribution in [1.29, 1.82) is 0 Å². The molecule has 2 unspecified atom stereocenters. The van der Waals surface area contributed by atoms with Crippen molar-refractivity contribution >= 4 is 10.9 Å². The molecule has 10 heteroatoms. The Balaban J connectivity index is 1.23. The number of fused-ring (bicyclic) bond motifs is 1. The molecule has 1 aliphatic rings. The second kappa shape index (κ2) is 9.63. The number of H-pyrrole nitrogens is 1. The van der Waals surface area contributed by atoms with E-state index < -0.39 is 0 Å². The minimum absolute atomic E-state index is 0.247. The lowest BCUT2D eigenvalue weighted by atomic mass is 9.94. The lowest BCUT2D eigenvalue weighted by Gasteiger charge is -2.41. The predicted molar refractivity (Wildman–Crippen MR) is 138 cm³/mol. The molecule has 2 aromatic carbocycles. The van der Waals surface area contributed by atoms with Gasteiger partial charge in [-0.15, -0.1) is 20.4 Å². The lowest BCUT2D eigenvalue weighted by Crippen LogP contribution is -2.49. The maximum atomic E-state index is 4.47. The molecule has 10 nitrogen and oxygen atoms in total. The van der Waals surface area contributed by atoms with Crippen molar-refractivity contribution in [3.63, 3.8) is 0 Å². The second-order valence-corrected chi connectivity index (χ2v) is 9.45. The molecule has 0 amide bonds. The average Bonchev–Trinajstić information content (AvgIpc) is 3.68. The molecule has 2 atom stereocenters. The highest BCUT2D eigenvalue weighted by molar-refractivity contribution is 5.85. The molecule has 184 valence electrons. The van der Waals surface area contributed by atoms with E-state index in [9.17, 15) is 0 Å². The van der Waals surface area contributed by atoms with E-state index in [0.717, 1.165) is 49.2 Å². The van der Waals surface area contributed by atoms with Crippen LogP contribution in [0.5, 0.6) is 0 Å². The molecule has 0 radical (unpaired) electrons. The van der Waals surface area contributed by atoms with Gasteiger partial charge in [0, 0.05) is 60.1 Å². The minimum atomic E-state index is 0.247. The normalized spacial score (nSPS) is 17.6. The molecule has 36 heavy (non-hydrogen) atoms. The summed E-state index contributed by atoms with van der Waals surface area (Å²) < 4.78 is 1.94. The van der Waals surface area contributed by atoms with E-state index in [1.165, 1.54) is 21.3 Å². The molecule has 1 saturated heterocycles. The fraction of sp³-hybridized carbons (Fsp3) is 0.346. The van der Waals surface area contributed by atoms with Gasteiger partial charge in [-0.2, -0.15) is 4.80 Å². The van der Waals surface area contributed by atoms with Crippen LogP contribution >= 0.6 is 0 Å². The summed E-state index contributed by atoms with van der Waals surface area (Å²) in [6.07, 6.45) is 7.67. The molecule has 0 saturated carbocycles. The molecule has 1 aliphatic heterocycles. The zero-order valence-corrected chi connectivity index (χ0v) is 20.5. The van der Waals surface area contributed by atoms with Gasteiger partial charge in [0.05, 0.1) is 7.05 Å². The molecule has 3 aromatic heterocycles. The summed E-state index contributed by atoms with van der Waals surface area (Å²) in [6, 6.07) is 15.5. The number of hydrogen-bond acceptors (Lipinski definition) is 7. The van der Waals surface area contributed by atoms with Crippen LogP contribution in [-0.2, 0) is 13.5 Å². The van der Waals surface area contributed by atoms with E-state index in [2.05, 4.69) is 90.3 Å². The van der Waals surface area contributed by atoms with Crippen LogP contribution in [0.2, 0.25) is 0 Å². The SMILES string of the molecule is CC(CCc1c[nH]c2ccc(-n3cnnc3)cc12)N1CCNCC1c1ccccc1-c1nnn(C)n1. The Morgan fingerprint density at radius 3 is 2.81 bits per heavy atom. The zero-order chi connectivity index (χ0) is 24.5. The smallest absolute Gasteiger partial charge is 0.205 e. The number of benzene rings is 2. The quantitative estimate of drug-likeness (QED) is 0.367. The Kier molecular flexibility index (Phi) is 6.04. The van der Waals surface area contributed by atoms with Crippen molar-refractivity contribution in [2.45, 2.75) is 31.8 Å². The Labute approximate surface area is 209 Å². The topological polar surface area (TPSA) is 105 Å². The van der Waals surface area contributed by atoms with Gasteiger partial charge in [-0.25, -0.2) is 0 Å². The van der Waals surface area contributed by atoms with Crippen LogP contribution in [0, 0.1) is 0 Å². The third-order valence-corrected chi connectivity index (χ3v) is 7.22. The van der Waals surface area contributed by atoms with Gasteiger partial charge in [-0.1, -0.05) is 24.3 Å². The fourth-order valence-electron chi connectivity index (χ4n) is 5.32. The number of nitrogens with one attached hydrogen (secondary N) is 2. The van der Waals surface area contributed by atoms with Crippen molar-refractivity contribution < 1.29 is 0 Å². The Morgan fingerprint density at radius 1 is 1.11 bits per heavy atom. The van der Waals surface area contributed by atoms with E-state index in [-0.39, 0.29) is 6.04 Å². The standard InChI is InChI=1S/C26H30N10/c1-18(7-8-19-14-28-24-10-9-20(13-23(19)24)35-16-29-30-17-35)36-12-11-27-15-25(36)21-5-3-4-6-22(21)26-31-33-34(2)32-26/h3-6,9-10,13-14,16-18,25,27-28H,7-8,11-12,15H2,1-2H3. The number of nitrogens with zero attached hydrogens (tertiary/aromatic N) is 8. The van der Waals surface area contributed by atoms with Crippen molar-refractivity contribution in [3.05, 3.63) is 72.4 Å². The van der Waals surface area contributed by atoms with Crippen LogP contribution in [0.4, 0.5) is 0 Å². The van der Waals surface area contributed by atoms with E-state index in [0.29, 0.717) is 11.9 Å². The van der Waals surface area contributed by atoms with E-state index >= 15 is 0 Å². The highest BCUT2D eigenvalue weighted by Gasteiger charge is 2.30. The summed E-state index contributed by atoms with van der Waals surface area (Å²) in [5.41, 5.74) is 5.85. The maximum Gasteiger partial charge on any atom is 0.205 e. The van der Waals surface area contributed by atoms with E-state index in [1.807, 2.05) is 10.6 Å². The Bertz CT molecular complexity index is 1450. The minimum Gasteiger partial charge on any atom is -0.361 e. The van der Waals surface area contributed by atoms with Gasteiger partial charge in [-0.05, 0) is 54.3 Å². The summed E-state index contributed by atoms with van der Waals surface area (Å²) in [4.78, 5) is 7.58. The maximum absolute atomic E-state index is 4.47. The second-order valence-electron chi connectivity index (χ2n) is 9.45. The first-order chi connectivity index (χ1) is 17.7. The number of hydrogen-bond donors (Lipinski definition) is 2. The molecule has 1 fully saturated rings. The van der Waals surface area contributed by atoms with Gasteiger partial charge in [0.2, 0.25) is 5.82 Å². The van der Waals surface area contributed by atoms with Gasteiger partial charge in [0.1, 0.15) is 12.7 Å². The summed E-state index contributed by atoms with van der Waals surface area (Å²) in [7, 11) is 1.80. The average molecular weight is 483 g/mol. The van der Waals surface area contributed by atoms with Crippen LogP contribution in [0.15, 0.2) is 61.3 Å². The molecule has 4 heterocycles. The first-order valence-corrected chi connectivity index (χ1v) is 12.4. The molecule has 5 aromatic rings. The van der Waals surface area contributed by atoms with Gasteiger partial charge >= 0.3 is 0 Å². The molecule has 0 aliphatic carbocycles. The first kappa shape index (κ1) is 22.6. The summed E-state index contributed by atoms with van der Waals surface area (Å²) in [5.74, 6) is 0.675. The van der Waals surface area contributed by atoms with Crippen LogP contribution < -0.4 is 5.32 Å². The van der Waals surface area contributed by atoms with Gasteiger partial charge < -0.3 is 10.3 Å². The molecular weight excluding hydrogens is 452 g/mol. The monoisotopic (exact) mass is 482 g/mol. The number of tetrazole rings is 1. The largest absolute Gasteiger partial charge is 0.361 e. The van der Waals surface area contributed by atoms with Crippen LogP contribution in [-0.4, -0.2) is 70.5 Å². The first-order valence-electron chi connectivity index (χ1n) is 12.4. The lowest BCUT2D eigenvalue weighted by molar-refractivity contribution is 0.110. The highest BCUT2D eigenvalue weighted by atomic mass is 15.6. The van der Waals surface area contributed by atoms with Crippen LogP contribution in [0.25, 0.3) is 28.0 Å². The van der Waals surface area contributed by atoms with E-state index in [4.69, 9.17) is 0 Å². The molecule has 0 spiro atoms. The van der Waals surface area contributed by atoms with Crippen LogP contribution in [0.3, 0.4) is 0 Å². The number of piperazine rings is 1. The zero-order valence-electron chi connectivity index (χ0n) is 20.5. The van der Waals surface area contributed by atoms with Gasteiger partial charge in [0.25, 0.3) is 0 Å². The Hall–Kier alpha value is -3.89. The molecule has 6 rings (SSSR count). The van der Waals surface area contributed by atoms with E-state index in [1.54, 1.807) is 19.7 Å².